The van der Waals surface area contributed by atoms with Gasteiger partial charge in [-0.3, -0.25) is 9.48 Å². The van der Waals surface area contributed by atoms with E-state index in [2.05, 4.69) is 10.4 Å². The fourth-order valence-electron chi connectivity index (χ4n) is 1.47. The number of rotatable bonds is 5. The zero-order valence-corrected chi connectivity index (χ0v) is 9.60. The van der Waals surface area contributed by atoms with Gasteiger partial charge in [0, 0.05) is 25.9 Å². The number of carbonyl (C=O) groups excluding carboxylic acids is 1. The molecule has 0 aliphatic rings. The first-order valence-electron chi connectivity index (χ1n) is 5.29. The highest BCUT2D eigenvalue weighted by Gasteiger charge is 2.17. The maximum absolute atomic E-state index is 11.8. The van der Waals surface area contributed by atoms with Gasteiger partial charge < -0.3 is 16.2 Å². The third kappa shape index (κ3) is 2.96. The summed E-state index contributed by atoms with van der Waals surface area (Å²) in [6.07, 6.45) is 2.88. The maximum atomic E-state index is 11.8. The van der Waals surface area contributed by atoms with Gasteiger partial charge in [0.15, 0.2) is 5.69 Å². The summed E-state index contributed by atoms with van der Waals surface area (Å²) in [5.74, 6) is -0.293. The number of hydrogen-bond donors (Lipinski definition) is 3. The van der Waals surface area contributed by atoms with Gasteiger partial charge in [-0.1, -0.05) is 6.92 Å². The predicted octanol–water partition coefficient (Wildman–Crippen LogP) is -0.107. The molecule has 1 rings (SSSR count). The fourth-order valence-corrected chi connectivity index (χ4v) is 1.47. The summed E-state index contributed by atoms with van der Waals surface area (Å²) < 4.78 is 1.50. The third-order valence-corrected chi connectivity index (χ3v) is 2.38. The number of aliphatic hydroxyl groups is 1. The largest absolute Gasteiger partial charge is 0.396 e. The number of carbonyl (C=O) groups is 1. The molecule has 0 bridgehead atoms. The van der Waals surface area contributed by atoms with Crippen molar-refractivity contribution >= 4 is 11.6 Å². The molecule has 1 aromatic heterocycles. The molecule has 0 aromatic carbocycles. The molecule has 1 heterocycles. The van der Waals surface area contributed by atoms with Crippen molar-refractivity contribution in [1.29, 1.82) is 0 Å². The quantitative estimate of drug-likeness (QED) is 0.653. The Morgan fingerprint density at radius 3 is 2.88 bits per heavy atom. The number of amides is 1. The summed E-state index contributed by atoms with van der Waals surface area (Å²) in [6.45, 7) is 2.00. The molecule has 6 heteroatoms. The molecule has 0 radical (unpaired) electrons. The number of nitrogens with two attached hydrogens (primary N) is 1. The molecule has 4 N–H and O–H groups in total. The summed E-state index contributed by atoms with van der Waals surface area (Å²) in [5, 5.41) is 15.6. The Hall–Kier alpha value is -1.56. The van der Waals surface area contributed by atoms with Gasteiger partial charge in [0.05, 0.1) is 5.69 Å². The van der Waals surface area contributed by atoms with Crippen LogP contribution in [0.5, 0.6) is 0 Å². The number of nitrogen functional groups attached to an aromatic ring is 1. The van der Waals surface area contributed by atoms with Crippen molar-refractivity contribution in [2.75, 3.05) is 12.3 Å². The molecule has 1 aromatic rings. The lowest BCUT2D eigenvalue weighted by Crippen LogP contribution is -2.35. The summed E-state index contributed by atoms with van der Waals surface area (Å²) in [7, 11) is 1.71. The SMILES string of the molecule is CCC(CCO)NC(=O)c1nn(C)cc1N. The van der Waals surface area contributed by atoms with Gasteiger partial charge in [-0.15, -0.1) is 0 Å². The summed E-state index contributed by atoms with van der Waals surface area (Å²) >= 11 is 0. The maximum Gasteiger partial charge on any atom is 0.274 e. The van der Waals surface area contributed by atoms with Crippen LogP contribution in [0.1, 0.15) is 30.3 Å². The smallest absolute Gasteiger partial charge is 0.274 e. The molecule has 0 aliphatic carbocycles. The van der Waals surface area contributed by atoms with Crippen LogP contribution in [0, 0.1) is 0 Å². The minimum absolute atomic E-state index is 0.0427. The number of aliphatic hydroxyl groups excluding tert-OH is 1. The molecule has 0 saturated heterocycles. The lowest BCUT2D eigenvalue weighted by molar-refractivity contribution is 0.0924. The first-order valence-corrected chi connectivity index (χ1v) is 5.29. The molecular weight excluding hydrogens is 208 g/mol. The van der Waals surface area contributed by atoms with Gasteiger partial charge in [0.25, 0.3) is 5.91 Å². The number of hydrogen-bond acceptors (Lipinski definition) is 4. The second-order valence-electron chi connectivity index (χ2n) is 3.70. The van der Waals surface area contributed by atoms with Crippen molar-refractivity contribution in [3.05, 3.63) is 11.9 Å². The molecular formula is C10H18N4O2. The van der Waals surface area contributed by atoms with Crippen molar-refractivity contribution in [3.63, 3.8) is 0 Å². The van der Waals surface area contributed by atoms with Crippen LogP contribution in [0.4, 0.5) is 5.69 Å². The summed E-state index contributed by atoms with van der Waals surface area (Å²) in [6, 6.07) is -0.0427. The van der Waals surface area contributed by atoms with Gasteiger partial charge >= 0.3 is 0 Å². The van der Waals surface area contributed by atoms with Crippen LogP contribution in [0.3, 0.4) is 0 Å². The minimum Gasteiger partial charge on any atom is -0.396 e. The Kier molecular flexibility index (Phi) is 4.30. The van der Waals surface area contributed by atoms with Gasteiger partial charge in [-0.05, 0) is 12.8 Å². The minimum atomic E-state index is -0.293. The molecule has 0 spiro atoms. The highest BCUT2D eigenvalue weighted by Crippen LogP contribution is 2.08. The van der Waals surface area contributed by atoms with E-state index in [1.165, 1.54) is 4.68 Å². The van der Waals surface area contributed by atoms with E-state index in [-0.39, 0.29) is 24.2 Å². The van der Waals surface area contributed by atoms with E-state index in [1.807, 2.05) is 6.92 Å². The van der Waals surface area contributed by atoms with E-state index in [4.69, 9.17) is 10.8 Å². The van der Waals surface area contributed by atoms with Crippen molar-refractivity contribution in [2.45, 2.75) is 25.8 Å². The number of aromatic nitrogens is 2. The van der Waals surface area contributed by atoms with Crippen LogP contribution in [0.2, 0.25) is 0 Å². The molecule has 90 valence electrons. The highest BCUT2D eigenvalue weighted by atomic mass is 16.3. The Labute approximate surface area is 94.4 Å². The normalized spacial score (nSPS) is 12.4. The van der Waals surface area contributed by atoms with E-state index in [0.29, 0.717) is 12.1 Å². The molecule has 1 atom stereocenters. The van der Waals surface area contributed by atoms with E-state index in [1.54, 1.807) is 13.2 Å². The zero-order valence-electron chi connectivity index (χ0n) is 9.60. The van der Waals surface area contributed by atoms with Crippen LogP contribution >= 0.6 is 0 Å². The zero-order chi connectivity index (χ0) is 12.1. The van der Waals surface area contributed by atoms with Crippen LogP contribution in [-0.4, -0.2) is 33.4 Å². The lowest BCUT2D eigenvalue weighted by atomic mass is 10.1. The highest BCUT2D eigenvalue weighted by molar-refractivity contribution is 5.97. The molecule has 0 fully saturated rings. The molecule has 0 aliphatic heterocycles. The molecule has 6 nitrogen and oxygen atoms in total. The topological polar surface area (TPSA) is 93.2 Å². The molecule has 1 unspecified atom stereocenters. The van der Waals surface area contributed by atoms with E-state index in [0.717, 1.165) is 6.42 Å². The van der Waals surface area contributed by atoms with Crippen LogP contribution in [0.25, 0.3) is 0 Å². The van der Waals surface area contributed by atoms with E-state index >= 15 is 0 Å². The first-order chi connectivity index (χ1) is 7.58. The number of aryl methyl sites for hydroxylation is 1. The second-order valence-corrected chi connectivity index (χ2v) is 3.70. The van der Waals surface area contributed by atoms with E-state index in [9.17, 15) is 4.79 Å². The Bertz CT molecular complexity index is 362. The Morgan fingerprint density at radius 1 is 1.75 bits per heavy atom. The average molecular weight is 226 g/mol. The number of anilines is 1. The lowest BCUT2D eigenvalue weighted by Gasteiger charge is -2.14. The monoisotopic (exact) mass is 226 g/mol. The van der Waals surface area contributed by atoms with Crippen molar-refractivity contribution in [1.82, 2.24) is 15.1 Å². The number of nitrogens with one attached hydrogen (secondary N) is 1. The molecule has 1 amide bonds. The van der Waals surface area contributed by atoms with Gasteiger partial charge in [-0.25, -0.2) is 0 Å². The van der Waals surface area contributed by atoms with Crippen LogP contribution < -0.4 is 11.1 Å². The standard InChI is InChI=1S/C10H18N4O2/c1-3-7(4-5-15)12-10(16)9-8(11)6-14(2)13-9/h6-7,15H,3-5,11H2,1-2H3,(H,12,16). The number of nitrogens with zero attached hydrogens (tertiary/aromatic N) is 2. The molecule has 0 saturated carbocycles. The van der Waals surface area contributed by atoms with E-state index < -0.39 is 0 Å². The molecule has 16 heavy (non-hydrogen) atoms. The van der Waals surface area contributed by atoms with Crippen LogP contribution in [0.15, 0.2) is 6.20 Å². The predicted molar refractivity (Wildman–Crippen MR) is 60.9 cm³/mol. The van der Waals surface area contributed by atoms with Gasteiger partial charge in [-0.2, -0.15) is 5.10 Å². The fraction of sp³-hybridized carbons (Fsp3) is 0.600. The van der Waals surface area contributed by atoms with Crippen molar-refractivity contribution in [3.8, 4) is 0 Å². The summed E-state index contributed by atoms with van der Waals surface area (Å²) in [5.41, 5.74) is 6.24. The first kappa shape index (κ1) is 12.5. The van der Waals surface area contributed by atoms with Crippen molar-refractivity contribution in [2.24, 2.45) is 7.05 Å². The van der Waals surface area contributed by atoms with Crippen LogP contribution in [-0.2, 0) is 7.05 Å². The Morgan fingerprint density at radius 2 is 2.44 bits per heavy atom. The Balaban J connectivity index is 2.67. The second kappa shape index (κ2) is 5.50. The average Bonchev–Trinajstić information content (AvgIpc) is 2.57. The van der Waals surface area contributed by atoms with Crippen molar-refractivity contribution < 1.29 is 9.90 Å². The van der Waals surface area contributed by atoms with Gasteiger partial charge in [0.1, 0.15) is 0 Å². The third-order valence-electron chi connectivity index (χ3n) is 2.38. The summed E-state index contributed by atoms with van der Waals surface area (Å²) in [4.78, 5) is 11.8. The van der Waals surface area contributed by atoms with Gasteiger partial charge in [0.2, 0.25) is 0 Å².